The SMILES string of the molecule is O=C([O-])C(=O)[O-].O=C([O-])C(=O)[O-].[N].[N].[Pt+4]. The average Bonchev–Trinajstić information content (AvgIpc) is 1.88. The largest absolute Gasteiger partial charge is 4.00 e. The van der Waals surface area contributed by atoms with Crippen LogP contribution in [0.25, 0.3) is 0 Å². The Kier molecular flexibility index (Phi) is 29.2. The molecule has 0 aromatic carbocycles. The van der Waals surface area contributed by atoms with Crippen molar-refractivity contribution in [2.45, 2.75) is 0 Å². The summed E-state index contributed by atoms with van der Waals surface area (Å²) in [5.74, 6) is -8.74. The molecule has 0 atom stereocenters. The van der Waals surface area contributed by atoms with E-state index in [2.05, 4.69) is 0 Å². The van der Waals surface area contributed by atoms with Crippen LogP contribution in [0.2, 0.25) is 0 Å². The fraction of sp³-hybridized carbons (Fsp3) is 0. The van der Waals surface area contributed by atoms with E-state index in [0.717, 1.165) is 0 Å². The second-order valence-electron chi connectivity index (χ2n) is 1.15. The van der Waals surface area contributed by atoms with Crippen LogP contribution in [0, 0.1) is 0 Å². The van der Waals surface area contributed by atoms with Crippen molar-refractivity contribution in [3.63, 3.8) is 0 Å². The first-order valence-electron chi connectivity index (χ1n) is 2.13. The van der Waals surface area contributed by atoms with Crippen molar-refractivity contribution in [1.82, 2.24) is 12.3 Å². The summed E-state index contributed by atoms with van der Waals surface area (Å²) in [6.45, 7) is 0. The third-order valence-electron chi connectivity index (χ3n) is 0.333. The van der Waals surface area contributed by atoms with E-state index in [9.17, 15) is 0 Å². The molecule has 0 saturated carbocycles. The second kappa shape index (κ2) is 15.0. The van der Waals surface area contributed by atoms with E-state index in [0.29, 0.717) is 0 Å². The maximum absolute atomic E-state index is 8.93. The number of carbonyl (C=O) groups is 4. The Morgan fingerprint density at radius 1 is 0.533 bits per heavy atom. The normalized spacial score (nSPS) is 5.87. The molecular weight excluding hydrogens is 399 g/mol. The fourth-order valence-corrected chi connectivity index (χ4v) is 0. The van der Waals surface area contributed by atoms with Gasteiger partial charge in [-0.15, -0.1) is 0 Å². The Morgan fingerprint density at radius 2 is 0.600 bits per heavy atom. The Bertz CT molecular complexity index is 181. The van der Waals surface area contributed by atoms with Crippen molar-refractivity contribution in [3.8, 4) is 0 Å². The van der Waals surface area contributed by atoms with Crippen molar-refractivity contribution >= 4 is 23.9 Å². The maximum atomic E-state index is 8.93. The van der Waals surface area contributed by atoms with Crippen LogP contribution in [0.15, 0.2) is 0 Å². The zero-order valence-corrected chi connectivity index (χ0v) is 8.75. The summed E-state index contributed by atoms with van der Waals surface area (Å²) in [4.78, 5) is 35.7. The smallest absolute Gasteiger partial charge is 0.543 e. The van der Waals surface area contributed by atoms with Crippen molar-refractivity contribution in [2.75, 3.05) is 0 Å². The van der Waals surface area contributed by atoms with Crippen LogP contribution in [0.3, 0.4) is 0 Å². The standard InChI is InChI=1S/2C2H2O4.2N.Pt/c2*3-1(4)2(5)6;;;/h2*(H,3,4)(H,5,6);;;/q;;;;+4/p-4. The number of carbonyl (C=O) groups excluding carboxylic acids is 4. The summed E-state index contributed by atoms with van der Waals surface area (Å²) in [6, 6.07) is 0. The van der Waals surface area contributed by atoms with Gasteiger partial charge < -0.3 is 39.6 Å². The van der Waals surface area contributed by atoms with Gasteiger partial charge in [0.05, 0.1) is 23.9 Å². The van der Waals surface area contributed by atoms with Crippen LogP contribution in [0.5, 0.6) is 0 Å². The van der Waals surface area contributed by atoms with Crippen LogP contribution in [-0.2, 0) is 40.2 Å². The van der Waals surface area contributed by atoms with Gasteiger partial charge in [0.2, 0.25) is 0 Å². The van der Waals surface area contributed by atoms with Crippen LogP contribution in [-0.4, -0.2) is 23.9 Å². The van der Waals surface area contributed by atoms with E-state index in [1.54, 1.807) is 0 Å². The number of carboxylic acid groups (broad SMARTS) is 4. The van der Waals surface area contributed by atoms with Gasteiger partial charge in [-0.25, -0.2) is 0 Å². The van der Waals surface area contributed by atoms with Crippen molar-refractivity contribution in [1.29, 1.82) is 0 Å². The molecule has 0 aromatic heterocycles. The number of hydrogen-bond donors (Lipinski definition) is 0. The van der Waals surface area contributed by atoms with Gasteiger partial charge in [-0.05, 0) is 0 Å². The molecular formula is C4N2O8Pt. The molecule has 0 fully saturated rings. The molecule has 0 aromatic rings. The number of rotatable bonds is 0. The molecule has 0 heterocycles. The Balaban J connectivity index is -0.0000000370. The maximum Gasteiger partial charge on any atom is 4.00 e. The van der Waals surface area contributed by atoms with Crippen molar-refractivity contribution < 1.29 is 60.7 Å². The molecule has 0 unspecified atom stereocenters. The van der Waals surface area contributed by atoms with Gasteiger partial charge >= 0.3 is 21.1 Å². The third-order valence-corrected chi connectivity index (χ3v) is 0.333. The van der Waals surface area contributed by atoms with Crippen molar-refractivity contribution in [3.05, 3.63) is 0 Å². The van der Waals surface area contributed by atoms with Gasteiger partial charge in [-0.1, -0.05) is 0 Å². The second-order valence-corrected chi connectivity index (χ2v) is 1.15. The molecule has 0 rings (SSSR count). The van der Waals surface area contributed by atoms with Crippen LogP contribution in [0.4, 0.5) is 0 Å². The Hall–Kier alpha value is -1.51. The van der Waals surface area contributed by atoms with E-state index in [-0.39, 0.29) is 33.4 Å². The summed E-state index contributed by atoms with van der Waals surface area (Å²) in [6.07, 6.45) is 0. The third kappa shape index (κ3) is 32.6. The molecule has 10 nitrogen and oxygen atoms in total. The zero-order chi connectivity index (χ0) is 10.3. The summed E-state index contributed by atoms with van der Waals surface area (Å²) in [5, 5.41) is 35.7. The quantitative estimate of drug-likeness (QED) is 0.355. The summed E-state index contributed by atoms with van der Waals surface area (Å²) in [7, 11) is 0. The van der Waals surface area contributed by atoms with Crippen molar-refractivity contribution in [2.24, 2.45) is 0 Å². The first kappa shape index (κ1) is 29.2. The van der Waals surface area contributed by atoms with Gasteiger partial charge in [0.25, 0.3) is 0 Å². The minimum Gasteiger partial charge on any atom is -0.543 e. The molecule has 0 bridgehead atoms. The Morgan fingerprint density at radius 3 is 0.600 bits per heavy atom. The first-order valence-corrected chi connectivity index (χ1v) is 2.13. The minimum absolute atomic E-state index is 0. The minimum atomic E-state index is -2.19. The van der Waals surface area contributed by atoms with E-state index in [4.69, 9.17) is 39.6 Å². The van der Waals surface area contributed by atoms with E-state index >= 15 is 0 Å². The number of nitrogens with zero attached hydrogens (tertiary/aromatic N) is 2. The van der Waals surface area contributed by atoms with Gasteiger partial charge in [0.15, 0.2) is 0 Å². The summed E-state index contributed by atoms with van der Waals surface area (Å²) in [5.41, 5.74) is 0. The molecule has 0 aliphatic heterocycles. The fourth-order valence-electron chi connectivity index (χ4n) is 0. The number of hydrogen-bond acceptors (Lipinski definition) is 8. The van der Waals surface area contributed by atoms with E-state index in [1.807, 2.05) is 0 Å². The zero-order valence-electron chi connectivity index (χ0n) is 6.48. The molecule has 84 valence electrons. The average molecular weight is 399 g/mol. The van der Waals surface area contributed by atoms with E-state index < -0.39 is 23.9 Å². The molecule has 0 aliphatic carbocycles. The molecule has 11 heteroatoms. The molecule has 0 amide bonds. The van der Waals surface area contributed by atoms with Gasteiger partial charge in [-0.3, -0.25) is 0 Å². The van der Waals surface area contributed by atoms with E-state index in [1.165, 1.54) is 0 Å². The van der Waals surface area contributed by atoms with Gasteiger partial charge in [0, 0.05) is 12.3 Å². The summed E-state index contributed by atoms with van der Waals surface area (Å²) < 4.78 is 0. The molecule has 0 spiro atoms. The van der Waals surface area contributed by atoms with Gasteiger partial charge in [-0.2, -0.15) is 0 Å². The van der Waals surface area contributed by atoms with Crippen LogP contribution in [0.1, 0.15) is 0 Å². The van der Waals surface area contributed by atoms with Crippen LogP contribution < -0.4 is 32.7 Å². The number of carboxylic acids is 4. The van der Waals surface area contributed by atoms with Gasteiger partial charge in [0.1, 0.15) is 0 Å². The number of aliphatic carboxylic acids is 4. The Labute approximate surface area is 97.3 Å². The molecule has 0 aliphatic rings. The topological polar surface area (TPSA) is 222 Å². The molecule has 0 saturated heterocycles. The monoisotopic (exact) mass is 399 g/mol. The first-order chi connectivity index (χ1) is 5.29. The molecule has 15 heavy (non-hydrogen) atoms. The molecule has 0 N–H and O–H groups in total. The predicted molar refractivity (Wildman–Crippen MR) is 24.3 cm³/mol. The summed E-state index contributed by atoms with van der Waals surface area (Å²) >= 11 is 0. The molecule has 6 radical (unpaired) electrons. The predicted octanol–water partition coefficient (Wildman–Crippen LogP) is -7.99. The van der Waals surface area contributed by atoms with Crippen LogP contribution >= 0.6 is 0 Å².